The van der Waals surface area contributed by atoms with E-state index in [1.165, 1.54) is 42.4 Å². The van der Waals surface area contributed by atoms with Crippen LogP contribution >= 0.6 is 0 Å². The molecule has 0 unspecified atom stereocenters. The first-order valence-electron chi connectivity index (χ1n) is 6.68. The summed E-state index contributed by atoms with van der Waals surface area (Å²) in [6.45, 7) is 2.08. The van der Waals surface area contributed by atoms with Gasteiger partial charge in [0.15, 0.2) is 0 Å². The van der Waals surface area contributed by atoms with Crippen LogP contribution in [0, 0.1) is 6.92 Å². The highest BCUT2D eigenvalue weighted by atomic mass is 16.5. The molecule has 92 valence electrons. The zero-order valence-electron chi connectivity index (χ0n) is 10.8. The first-order valence-corrected chi connectivity index (χ1v) is 6.68. The van der Waals surface area contributed by atoms with Crippen LogP contribution in [0.15, 0.2) is 42.5 Å². The van der Waals surface area contributed by atoms with Gasteiger partial charge in [-0.1, -0.05) is 24.3 Å². The highest BCUT2D eigenvalue weighted by Crippen LogP contribution is 2.29. The van der Waals surface area contributed by atoms with E-state index >= 15 is 0 Å². The van der Waals surface area contributed by atoms with E-state index in [9.17, 15) is 0 Å². The molecule has 0 N–H and O–H groups in total. The lowest BCUT2D eigenvalue weighted by molar-refractivity contribution is 0.477. The molecule has 0 bridgehead atoms. The predicted octanol–water partition coefficient (Wildman–Crippen LogP) is 4.67. The standard InChI is InChI=1S/C17H18O/c1-13-6-2-5-9-17(13)18-16-11-10-14-7-3-4-8-15(14)12-16/h2,5-6,9-12H,3-4,7-8H2,1H3. The minimum Gasteiger partial charge on any atom is -0.457 e. The zero-order chi connectivity index (χ0) is 12.4. The number of benzene rings is 2. The molecule has 0 amide bonds. The fourth-order valence-corrected chi connectivity index (χ4v) is 2.57. The van der Waals surface area contributed by atoms with Crippen LogP contribution in [0.5, 0.6) is 11.5 Å². The van der Waals surface area contributed by atoms with E-state index in [0.29, 0.717) is 0 Å². The third-order valence-electron chi connectivity index (χ3n) is 3.64. The maximum atomic E-state index is 5.98. The van der Waals surface area contributed by atoms with Crippen LogP contribution in [-0.4, -0.2) is 0 Å². The molecule has 1 aliphatic carbocycles. The molecule has 0 fully saturated rings. The summed E-state index contributed by atoms with van der Waals surface area (Å²) in [7, 11) is 0. The molecule has 0 aromatic heterocycles. The zero-order valence-corrected chi connectivity index (χ0v) is 10.8. The molecule has 2 aromatic rings. The maximum absolute atomic E-state index is 5.98. The summed E-state index contributed by atoms with van der Waals surface area (Å²) in [5.74, 6) is 1.92. The highest BCUT2D eigenvalue weighted by Gasteiger charge is 2.10. The van der Waals surface area contributed by atoms with Crippen LogP contribution in [0.1, 0.15) is 29.5 Å². The van der Waals surface area contributed by atoms with Gasteiger partial charge in [-0.3, -0.25) is 0 Å². The van der Waals surface area contributed by atoms with Crippen molar-refractivity contribution in [1.82, 2.24) is 0 Å². The van der Waals surface area contributed by atoms with Gasteiger partial charge in [-0.15, -0.1) is 0 Å². The van der Waals surface area contributed by atoms with E-state index in [2.05, 4.69) is 31.2 Å². The summed E-state index contributed by atoms with van der Waals surface area (Å²) in [5, 5.41) is 0. The van der Waals surface area contributed by atoms with Crippen molar-refractivity contribution >= 4 is 0 Å². The molecule has 0 saturated carbocycles. The molecule has 0 atom stereocenters. The van der Waals surface area contributed by atoms with Crippen molar-refractivity contribution < 1.29 is 4.74 Å². The first-order chi connectivity index (χ1) is 8.83. The second-order valence-electron chi connectivity index (χ2n) is 5.01. The quantitative estimate of drug-likeness (QED) is 0.739. The van der Waals surface area contributed by atoms with Crippen LogP contribution in [0.4, 0.5) is 0 Å². The molecule has 2 aromatic carbocycles. The van der Waals surface area contributed by atoms with Crippen molar-refractivity contribution in [1.29, 1.82) is 0 Å². The van der Waals surface area contributed by atoms with Crippen LogP contribution in [0.25, 0.3) is 0 Å². The van der Waals surface area contributed by atoms with Gasteiger partial charge in [0.1, 0.15) is 11.5 Å². The summed E-state index contributed by atoms with van der Waals surface area (Å²) in [6, 6.07) is 14.7. The van der Waals surface area contributed by atoms with Gasteiger partial charge in [-0.2, -0.15) is 0 Å². The maximum Gasteiger partial charge on any atom is 0.130 e. The minimum absolute atomic E-state index is 0.952. The third kappa shape index (κ3) is 2.26. The van der Waals surface area contributed by atoms with E-state index in [1.807, 2.05) is 18.2 Å². The van der Waals surface area contributed by atoms with Crippen LogP contribution < -0.4 is 4.74 Å². The molecule has 3 rings (SSSR count). The van der Waals surface area contributed by atoms with Gasteiger partial charge >= 0.3 is 0 Å². The SMILES string of the molecule is Cc1ccccc1Oc1ccc2c(c1)CCCC2. The molecule has 0 saturated heterocycles. The van der Waals surface area contributed by atoms with Crippen LogP contribution in [0.2, 0.25) is 0 Å². The van der Waals surface area contributed by atoms with Crippen molar-refractivity contribution in [3.05, 3.63) is 59.2 Å². The Bertz CT molecular complexity index is 557. The van der Waals surface area contributed by atoms with E-state index in [1.54, 1.807) is 0 Å². The number of rotatable bonds is 2. The third-order valence-corrected chi connectivity index (χ3v) is 3.64. The molecular weight excluding hydrogens is 220 g/mol. The molecule has 1 heteroatoms. The monoisotopic (exact) mass is 238 g/mol. The molecule has 1 nitrogen and oxygen atoms in total. The Hall–Kier alpha value is -1.76. The van der Waals surface area contributed by atoms with Crippen molar-refractivity contribution in [3.63, 3.8) is 0 Å². The van der Waals surface area contributed by atoms with Gasteiger partial charge in [0, 0.05) is 0 Å². The summed E-state index contributed by atoms with van der Waals surface area (Å²) in [6.07, 6.45) is 5.05. The predicted molar refractivity (Wildman–Crippen MR) is 74.3 cm³/mol. The summed E-state index contributed by atoms with van der Waals surface area (Å²) in [5.41, 5.74) is 4.14. The topological polar surface area (TPSA) is 9.23 Å². The lowest BCUT2D eigenvalue weighted by Crippen LogP contribution is -2.02. The lowest BCUT2D eigenvalue weighted by Gasteiger charge is -2.17. The van der Waals surface area contributed by atoms with Crippen molar-refractivity contribution in [3.8, 4) is 11.5 Å². The summed E-state index contributed by atoms with van der Waals surface area (Å²) in [4.78, 5) is 0. The molecule has 0 radical (unpaired) electrons. The minimum atomic E-state index is 0.952. The number of hydrogen-bond acceptors (Lipinski definition) is 1. The average Bonchev–Trinajstić information content (AvgIpc) is 2.41. The normalized spacial score (nSPS) is 14.1. The largest absolute Gasteiger partial charge is 0.457 e. The number of ether oxygens (including phenoxy) is 1. The Morgan fingerprint density at radius 1 is 0.889 bits per heavy atom. The number of para-hydroxylation sites is 1. The lowest BCUT2D eigenvalue weighted by atomic mass is 9.92. The number of fused-ring (bicyclic) bond motifs is 1. The Labute approximate surface area is 108 Å². The average molecular weight is 238 g/mol. The molecule has 0 aliphatic heterocycles. The van der Waals surface area contributed by atoms with Gasteiger partial charge < -0.3 is 4.74 Å². The molecule has 0 spiro atoms. The van der Waals surface area contributed by atoms with Crippen molar-refractivity contribution in [2.24, 2.45) is 0 Å². The second-order valence-corrected chi connectivity index (χ2v) is 5.01. The van der Waals surface area contributed by atoms with Gasteiger partial charge in [-0.25, -0.2) is 0 Å². The molecule has 18 heavy (non-hydrogen) atoms. The van der Waals surface area contributed by atoms with Crippen molar-refractivity contribution in [2.75, 3.05) is 0 Å². The highest BCUT2D eigenvalue weighted by molar-refractivity contribution is 5.41. The fourth-order valence-electron chi connectivity index (χ4n) is 2.57. The Kier molecular flexibility index (Phi) is 3.06. The molecule has 1 aliphatic rings. The molecule has 0 heterocycles. The Morgan fingerprint density at radius 3 is 2.50 bits per heavy atom. The van der Waals surface area contributed by atoms with Gasteiger partial charge in [0.2, 0.25) is 0 Å². The van der Waals surface area contributed by atoms with E-state index in [-0.39, 0.29) is 0 Å². The Morgan fingerprint density at radius 2 is 1.67 bits per heavy atom. The smallest absolute Gasteiger partial charge is 0.130 e. The number of hydrogen-bond donors (Lipinski definition) is 0. The summed E-state index contributed by atoms with van der Waals surface area (Å²) >= 11 is 0. The van der Waals surface area contributed by atoms with Crippen LogP contribution in [-0.2, 0) is 12.8 Å². The van der Waals surface area contributed by atoms with E-state index in [4.69, 9.17) is 4.74 Å². The fraction of sp³-hybridized carbons (Fsp3) is 0.294. The van der Waals surface area contributed by atoms with Gasteiger partial charge in [-0.05, 0) is 67.5 Å². The molecular formula is C17H18O. The summed E-state index contributed by atoms with van der Waals surface area (Å²) < 4.78 is 5.98. The second kappa shape index (κ2) is 4.85. The van der Waals surface area contributed by atoms with Crippen LogP contribution in [0.3, 0.4) is 0 Å². The van der Waals surface area contributed by atoms with Crippen molar-refractivity contribution in [2.45, 2.75) is 32.6 Å². The van der Waals surface area contributed by atoms with E-state index < -0.39 is 0 Å². The first kappa shape index (κ1) is 11.3. The van der Waals surface area contributed by atoms with Gasteiger partial charge in [0.25, 0.3) is 0 Å². The number of aryl methyl sites for hydroxylation is 3. The van der Waals surface area contributed by atoms with E-state index in [0.717, 1.165) is 11.5 Å². The van der Waals surface area contributed by atoms with Gasteiger partial charge in [0.05, 0.1) is 0 Å². The Balaban J connectivity index is 1.87.